The fourth-order valence-electron chi connectivity index (χ4n) is 2.08. The summed E-state index contributed by atoms with van der Waals surface area (Å²) < 4.78 is 0. The molecule has 0 spiro atoms. The third-order valence-corrected chi connectivity index (χ3v) is 2.73. The normalized spacial score (nSPS) is 11.8. The molecule has 0 heterocycles. The Morgan fingerprint density at radius 3 is 1.89 bits per heavy atom. The molecule has 0 aliphatic carbocycles. The molecule has 0 bridgehead atoms. The molecule has 0 N–H and O–H groups in total. The second-order valence-electron chi connectivity index (χ2n) is 5.67. The van der Waals surface area contributed by atoms with Crippen LogP contribution in [0.3, 0.4) is 0 Å². The van der Waals surface area contributed by atoms with Crippen LogP contribution in [0.4, 0.5) is 0 Å². The SMILES string of the molecule is CN(C)Cc1[c]ccc(CN(C)C)c1CN(C)C. The monoisotopic (exact) mass is 248 g/mol. The standard InChI is InChI=1S/C15H26N3/c1-16(2)10-13-8-7-9-14(11-17(3)4)15(13)12-18(5)6/h7-8H,10-12H2,1-6H3. The van der Waals surface area contributed by atoms with Gasteiger partial charge in [0.05, 0.1) is 0 Å². The highest BCUT2D eigenvalue weighted by Crippen LogP contribution is 2.18. The minimum atomic E-state index is 0.949. The van der Waals surface area contributed by atoms with Crippen molar-refractivity contribution < 1.29 is 0 Å². The van der Waals surface area contributed by atoms with Crippen molar-refractivity contribution in [1.29, 1.82) is 0 Å². The Kier molecular flexibility index (Phi) is 5.79. The van der Waals surface area contributed by atoms with Crippen LogP contribution in [0.1, 0.15) is 16.7 Å². The predicted molar refractivity (Wildman–Crippen MR) is 77.5 cm³/mol. The van der Waals surface area contributed by atoms with E-state index in [-0.39, 0.29) is 0 Å². The van der Waals surface area contributed by atoms with Gasteiger partial charge in [-0.15, -0.1) is 0 Å². The van der Waals surface area contributed by atoms with Crippen molar-refractivity contribution in [3.63, 3.8) is 0 Å². The Hall–Kier alpha value is -0.900. The molecule has 18 heavy (non-hydrogen) atoms. The van der Waals surface area contributed by atoms with Crippen LogP contribution in [0, 0.1) is 6.07 Å². The van der Waals surface area contributed by atoms with Gasteiger partial charge in [-0.3, -0.25) is 0 Å². The van der Waals surface area contributed by atoms with Crippen molar-refractivity contribution in [1.82, 2.24) is 14.7 Å². The van der Waals surface area contributed by atoms with Crippen LogP contribution in [-0.4, -0.2) is 57.0 Å². The smallest absolute Gasteiger partial charge is 0.0237 e. The van der Waals surface area contributed by atoms with Crippen LogP contribution in [-0.2, 0) is 19.6 Å². The lowest BCUT2D eigenvalue weighted by molar-refractivity contribution is 0.368. The predicted octanol–water partition coefficient (Wildman–Crippen LogP) is 1.67. The van der Waals surface area contributed by atoms with Gasteiger partial charge in [-0.25, -0.2) is 0 Å². The minimum absolute atomic E-state index is 0.949. The summed E-state index contributed by atoms with van der Waals surface area (Å²) in [4.78, 5) is 6.64. The van der Waals surface area contributed by atoms with Crippen molar-refractivity contribution in [3.05, 3.63) is 34.9 Å². The lowest BCUT2D eigenvalue weighted by Gasteiger charge is -2.22. The fraction of sp³-hybridized carbons (Fsp3) is 0.600. The molecule has 0 saturated heterocycles. The summed E-state index contributed by atoms with van der Waals surface area (Å²) in [5.74, 6) is 0. The molecule has 0 fully saturated rings. The van der Waals surface area contributed by atoms with Gasteiger partial charge in [-0.2, -0.15) is 0 Å². The quantitative estimate of drug-likeness (QED) is 0.758. The maximum absolute atomic E-state index is 3.40. The highest BCUT2D eigenvalue weighted by Gasteiger charge is 2.11. The summed E-state index contributed by atoms with van der Waals surface area (Å²) >= 11 is 0. The first kappa shape index (κ1) is 15.2. The van der Waals surface area contributed by atoms with E-state index in [0.29, 0.717) is 0 Å². The third kappa shape index (κ3) is 4.77. The first-order valence-electron chi connectivity index (χ1n) is 6.35. The van der Waals surface area contributed by atoms with Crippen LogP contribution in [0.5, 0.6) is 0 Å². The van der Waals surface area contributed by atoms with E-state index in [1.54, 1.807) is 0 Å². The summed E-state index contributed by atoms with van der Waals surface area (Å²) in [5, 5.41) is 0. The van der Waals surface area contributed by atoms with E-state index < -0.39 is 0 Å². The van der Waals surface area contributed by atoms with E-state index in [9.17, 15) is 0 Å². The summed E-state index contributed by atoms with van der Waals surface area (Å²) in [7, 11) is 12.7. The number of benzene rings is 1. The maximum Gasteiger partial charge on any atom is 0.0237 e. The number of nitrogens with zero attached hydrogens (tertiary/aromatic N) is 3. The molecule has 0 aromatic heterocycles. The van der Waals surface area contributed by atoms with Gasteiger partial charge >= 0.3 is 0 Å². The molecule has 0 aliphatic rings. The van der Waals surface area contributed by atoms with Crippen molar-refractivity contribution in [2.45, 2.75) is 19.6 Å². The average Bonchev–Trinajstić information content (AvgIpc) is 2.20. The van der Waals surface area contributed by atoms with Crippen molar-refractivity contribution in [2.24, 2.45) is 0 Å². The van der Waals surface area contributed by atoms with E-state index >= 15 is 0 Å². The topological polar surface area (TPSA) is 9.72 Å². The summed E-state index contributed by atoms with van der Waals surface area (Å²) in [6, 6.07) is 7.65. The molecule has 1 rings (SSSR count). The zero-order valence-corrected chi connectivity index (χ0v) is 12.6. The lowest BCUT2D eigenvalue weighted by Crippen LogP contribution is -2.20. The molecule has 1 aromatic rings. The summed E-state index contributed by atoms with van der Waals surface area (Å²) in [6.07, 6.45) is 0. The van der Waals surface area contributed by atoms with Crippen LogP contribution < -0.4 is 0 Å². The molecule has 3 heteroatoms. The Morgan fingerprint density at radius 1 is 0.833 bits per heavy atom. The van der Waals surface area contributed by atoms with Gasteiger partial charge in [-0.05, 0) is 65.0 Å². The summed E-state index contributed by atoms with van der Waals surface area (Å²) in [5.41, 5.74) is 4.14. The average molecular weight is 248 g/mol. The largest absolute Gasteiger partial charge is 0.305 e. The second kappa shape index (κ2) is 6.88. The molecule has 0 aliphatic heterocycles. The molecule has 1 aromatic carbocycles. The minimum Gasteiger partial charge on any atom is -0.305 e. The maximum atomic E-state index is 3.40. The van der Waals surface area contributed by atoms with Crippen LogP contribution in [0.2, 0.25) is 0 Å². The lowest BCUT2D eigenvalue weighted by atomic mass is 9.99. The Morgan fingerprint density at radius 2 is 1.39 bits per heavy atom. The Labute approximate surface area is 112 Å². The van der Waals surface area contributed by atoms with Crippen LogP contribution in [0.25, 0.3) is 0 Å². The fourth-order valence-corrected chi connectivity index (χ4v) is 2.08. The van der Waals surface area contributed by atoms with Gasteiger partial charge in [-0.1, -0.05) is 12.1 Å². The number of hydrogen-bond donors (Lipinski definition) is 0. The highest BCUT2D eigenvalue weighted by molar-refractivity contribution is 5.34. The molecule has 1 radical (unpaired) electrons. The van der Waals surface area contributed by atoms with E-state index in [1.165, 1.54) is 16.7 Å². The van der Waals surface area contributed by atoms with Crippen molar-refractivity contribution >= 4 is 0 Å². The first-order chi connectivity index (χ1) is 8.40. The van der Waals surface area contributed by atoms with Gasteiger partial charge in [0.15, 0.2) is 0 Å². The van der Waals surface area contributed by atoms with Gasteiger partial charge < -0.3 is 14.7 Å². The molecule has 101 valence electrons. The van der Waals surface area contributed by atoms with Gasteiger partial charge in [0.2, 0.25) is 0 Å². The van der Waals surface area contributed by atoms with Crippen LogP contribution in [0.15, 0.2) is 12.1 Å². The van der Waals surface area contributed by atoms with Crippen LogP contribution >= 0.6 is 0 Å². The molecular formula is C15H26N3. The van der Waals surface area contributed by atoms with Gasteiger partial charge in [0.1, 0.15) is 0 Å². The highest BCUT2D eigenvalue weighted by atomic mass is 15.1. The zero-order chi connectivity index (χ0) is 13.7. The van der Waals surface area contributed by atoms with Gasteiger partial charge in [0, 0.05) is 19.6 Å². The zero-order valence-electron chi connectivity index (χ0n) is 12.6. The van der Waals surface area contributed by atoms with E-state index in [0.717, 1.165) is 19.6 Å². The second-order valence-corrected chi connectivity index (χ2v) is 5.67. The van der Waals surface area contributed by atoms with Crippen molar-refractivity contribution in [3.8, 4) is 0 Å². The number of rotatable bonds is 6. The molecule has 3 nitrogen and oxygen atoms in total. The first-order valence-corrected chi connectivity index (χ1v) is 6.35. The Balaban J connectivity index is 3.08. The van der Waals surface area contributed by atoms with Crippen molar-refractivity contribution in [2.75, 3.05) is 42.3 Å². The van der Waals surface area contributed by atoms with Gasteiger partial charge in [0.25, 0.3) is 0 Å². The molecule has 0 atom stereocenters. The third-order valence-electron chi connectivity index (χ3n) is 2.73. The molecule has 0 saturated carbocycles. The summed E-state index contributed by atoms with van der Waals surface area (Å²) in [6.45, 7) is 2.91. The number of hydrogen-bond acceptors (Lipinski definition) is 3. The molecular weight excluding hydrogens is 222 g/mol. The molecule has 0 unspecified atom stereocenters. The van der Waals surface area contributed by atoms with E-state index in [4.69, 9.17) is 0 Å². The van der Waals surface area contributed by atoms with E-state index in [1.807, 2.05) is 0 Å². The van der Waals surface area contributed by atoms with E-state index in [2.05, 4.69) is 75.2 Å². The Bertz CT molecular complexity index is 342. The molecule has 0 amide bonds.